The topological polar surface area (TPSA) is 56.8 Å². The highest BCUT2D eigenvalue weighted by Gasteiger charge is 2.03. The number of carbonyl (C=O) groups excluding carboxylic acids is 1. The summed E-state index contributed by atoms with van der Waals surface area (Å²) in [6.45, 7) is 4.20. The molecule has 1 aromatic rings. The van der Waals surface area contributed by atoms with Crippen LogP contribution in [0.15, 0.2) is 24.3 Å². The van der Waals surface area contributed by atoms with Crippen molar-refractivity contribution in [3.05, 3.63) is 29.8 Å². The van der Waals surface area contributed by atoms with Crippen LogP contribution in [0.2, 0.25) is 0 Å². The van der Waals surface area contributed by atoms with Gasteiger partial charge in [0, 0.05) is 31.4 Å². The van der Waals surface area contributed by atoms with Crippen LogP contribution in [0.25, 0.3) is 6.08 Å². The van der Waals surface area contributed by atoms with Crippen molar-refractivity contribution < 1.29 is 19.0 Å². The van der Waals surface area contributed by atoms with Gasteiger partial charge in [0.05, 0.1) is 14.2 Å². The van der Waals surface area contributed by atoms with Crippen molar-refractivity contribution >= 4 is 12.0 Å². The Kier molecular flexibility index (Phi) is 9.55. The van der Waals surface area contributed by atoms with Gasteiger partial charge in [-0.25, -0.2) is 0 Å². The van der Waals surface area contributed by atoms with E-state index in [-0.39, 0.29) is 5.91 Å². The van der Waals surface area contributed by atoms with Gasteiger partial charge in [0.15, 0.2) is 0 Å². The highest BCUT2D eigenvalue weighted by molar-refractivity contribution is 5.92. The molecule has 0 unspecified atom stereocenters. The molecule has 0 spiro atoms. The Balaban J connectivity index is 2.37. The second kappa shape index (κ2) is 11.5. The third-order valence-electron chi connectivity index (χ3n) is 3.26. The Morgan fingerprint density at radius 2 is 1.96 bits per heavy atom. The maximum atomic E-state index is 11.8. The van der Waals surface area contributed by atoms with Gasteiger partial charge in [-0.05, 0) is 37.1 Å². The number of hydrogen-bond donors (Lipinski definition) is 1. The Labute approximate surface area is 138 Å². The molecule has 23 heavy (non-hydrogen) atoms. The van der Waals surface area contributed by atoms with Crippen molar-refractivity contribution in [3.8, 4) is 11.5 Å². The van der Waals surface area contributed by atoms with Gasteiger partial charge < -0.3 is 19.5 Å². The molecule has 0 aliphatic carbocycles. The van der Waals surface area contributed by atoms with Gasteiger partial charge >= 0.3 is 0 Å². The van der Waals surface area contributed by atoms with E-state index in [0.29, 0.717) is 18.9 Å². The van der Waals surface area contributed by atoms with Gasteiger partial charge in [0.1, 0.15) is 11.5 Å². The number of benzene rings is 1. The summed E-state index contributed by atoms with van der Waals surface area (Å²) in [6, 6.07) is 5.45. The summed E-state index contributed by atoms with van der Waals surface area (Å²) in [5.41, 5.74) is 0.796. The minimum atomic E-state index is -0.136. The van der Waals surface area contributed by atoms with E-state index in [1.165, 1.54) is 6.08 Å². The quantitative estimate of drug-likeness (QED) is 0.503. The molecule has 1 rings (SSSR count). The zero-order valence-corrected chi connectivity index (χ0v) is 14.3. The lowest BCUT2D eigenvalue weighted by atomic mass is 10.1. The standard InChI is InChI=1S/C18H27NO4/c1-4-5-12-23-13-6-11-19-18(20)10-7-15-14-16(21-2)8-9-17(15)22-3/h7-10,14H,4-6,11-13H2,1-3H3,(H,19,20)/b10-7+. The number of amides is 1. The number of unbranched alkanes of at least 4 members (excludes halogenated alkanes) is 1. The van der Waals surface area contributed by atoms with Crippen molar-refractivity contribution in [3.63, 3.8) is 0 Å². The van der Waals surface area contributed by atoms with Gasteiger partial charge in [0.2, 0.25) is 5.91 Å². The van der Waals surface area contributed by atoms with Gasteiger partial charge in [-0.2, -0.15) is 0 Å². The number of carbonyl (C=O) groups is 1. The zero-order valence-electron chi connectivity index (χ0n) is 14.3. The average molecular weight is 321 g/mol. The third-order valence-corrected chi connectivity index (χ3v) is 3.26. The first-order chi connectivity index (χ1) is 11.2. The number of rotatable bonds is 11. The molecule has 5 heteroatoms. The van der Waals surface area contributed by atoms with Gasteiger partial charge in [-0.15, -0.1) is 0 Å². The van der Waals surface area contributed by atoms with E-state index < -0.39 is 0 Å². The largest absolute Gasteiger partial charge is 0.497 e. The lowest BCUT2D eigenvalue weighted by molar-refractivity contribution is -0.116. The summed E-state index contributed by atoms with van der Waals surface area (Å²) in [5.74, 6) is 1.28. The second-order valence-electron chi connectivity index (χ2n) is 5.05. The molecule has 0 fully saturated rings. The minimum absolute atomic E-state index is 0.136. The van der Waals surface area contributed by atoms with Gasteiger partial charge in [-0.3, -0.25) is 4.79 Å². The Bertz CT molecular complexity index is 500. The lowest BCUT2D eigenvalue weighted by Gasteiger charge is -2.07. The molecule has 0 radical (unpaired) electrons. The first-order valence-electron chi connectivity index (χ1n) is 7.97. The molecule has 5 nitrogen and oxygen atoms in total. The summed E-state index contributed by atoms with van der Waals surface area (Å²) in [4.78, 5) is 11.8. The Morgan fingerprint density at radius 3 is 2.65 bits per heavy atom. The molecular formula is C18H27NO4. The van der Waals surface area contributed by atoms with Crippen molar-refractivity contribution in [2.75, 3.05) is 34.0 Å². The first kappa shape index (κ1) is 19.0. The number of ether oxygens (including phenoxy) is 3. The molecular weight excluding hydrogens is 294 g/mol. The minimum Gasteiger partial charge on any atom is -0.497 e. The predicted octanol–water partition coefficient (Wildman–Crippen LogP) is 3.04. The molecule has 0 bridgehead atoms. The van der Waals surface area contributed by atoms with Crippen LogP contribution < -0.4 is 14.8 Å². The van der Waals surface area contributed by atoms with E-state index in [2.05, 4.69) is 12.2 Å². The number of nitrogens with one attached hydrogen (secondary N) is 1. The number of hydrogen-bond acceptors (Lipinski definition) is 4. The van der Waals surface area contributed by atoms with Gasteiger partial charge in [-0.1, -0.05) is 13.3 Å². The fourth-order valence-corrected chi connectivity index (χ4v) is 1.93. The molecule has 1 aromatic carbocycles. The maximum Gasteiger partial charge on any atom is 0.244 e. The SMILES string of the molecule is CCCCOCCCNC(=O)/C=C/c1cc(OC)ccc1OC. The fourth-order valence-electron chi connectivity index (χ4n) is 1.93. The van der Waals surface area contributed by atoms with E-state index >= 15 is 0 Å². The molecule has 0 aromatic heterocycles. The van der Waals surface area contributed by atoms with E-state index in [0.717, 1.165) is 37.2 Å². The zero-order chi connectivity index (χ0) is 16.9. The van der Waals surface area contributed by atoms with Crippen LogP contribution in [0.5, 0.6) is 11.5 Å². The molecule has 0 aliphatic heterocycles. The molecule has 0 aliphatic rings. The summed E-state index contributed by atoms with van der Waals surface area (Å²) in [5, 5.41) is 2.83. The Morgan fingerprint density at radius 1 is 1.17 bits per heavy atom. The van der Waals surface area contributed by atoms with E-state index in [4.69, 9.17) is 14.2 Å². The highest BCUT2D eigenvalue weighted by Crippen LogP contribution is 2.24. The predicted molar refractivity (Wildman–Crippen MR) is 91.9 cm³/mol. The molecule has 0 saturated carbocycles. The average Bonchev–Trinajstić information content (AvgIpc) is 2.58. The van der Waals surface area contributed by atoms with Crippen LogP contribution >= 0.6 is 0 Å². The summed E-state index contributed by atoms with van der Waals surface area (Å²) < 4.78 is 15.9. The van der Waals surface area contributed by atoms with Crippen LogP contribution in [0.4, 0.5) is 0 Å². The summed E-state index contributed by atoms with van der Waals surface area (Å²) >= 11 is 0. The van der Waals surface area contributed by atoms with Crippen molar-refractivity contribution in [1.82, 2.24) is 5.32 Å². The maximum absolute atomic E-state index is 11.8. The van der Waals surface area contributed by atoms with Crippen molar-refractivity contribution in [2.24, 2.45) is 0 Å². The van der Waals surface area contributed by atoms with E-state index in [1.54, 1.807) is 20.3 Å². The van der Waals surface area contributed by atoms with Crippen LogP contribution in [-0.2, 0) is 9.53 Å². The summed E-state index contributed by atoms with van der Waals surface area (Å²) in [6.07, 6.45) is 6.24. The molecule has 0 heterocycles. The molecule has 128 valence electrons. The normalized spacial score (nSPS) is 10.7. The first-order valence-corrected chi connectivity index (χ1v) is 7.97. The smallest absolute Gasteiger partial charge is 0.244 e. The van der Waals surface area contributed by atoms with Crippen LogP contribution in [0, 0.1) is 0 Å². The van der Waals surface area contributed by atoms with Crippen LogP contribution in [0.1, 0.15) is 31.7 Å². The third kappa shape index (κ3) is 7.70. The van der Waals surface area contributed by atoms with Gasteiger partial charge in [0.25, 0.3) is 0 Å². The molecule has 1 amide bonds. The molecule has 0 atom stereocenters. The van der Waals surface area contributed by atoms with E-state index in [1.807, 2.05) is 18.2 Å². The monoisotopic (exact) mass is 321 g/mol. The number of methoxy groups -OCH3 is 2. The lowest BCUT2D eigenvalue weighted by Crippen LogP contribution is -2.23. The van der Waals surface area contributed by atoms with Crippen LogP contribution in [0.3, 0.4) is 0 Å². The van der Waals surface area contributed by atoms with Crippen LogP contribution in [-0.4, -0.2) is 39.9 Å². The summed E-state index contributed by atoms with van der Waals surface area (Å²) in [7, 11) is 3.20. The molecule has 0 saturated heterocycles. The molecule has 1 N–H and O–H groups in total. The fraction of sp³-hybridized carbons (Fsp3) is 0.500. The van der Waals surface area contributed by atoms with Crippen molar-refractivity contribution in [2.45, 2.75) is 26.2 Å². The highest BCUT2D eigenvalue weighted by atomic mass is 16.5. The second-order valence-corrected chi connectivity index (χ2v) is 5.05. The van der Waals surface area contributed by atoms with E-state index in [9.17, 15) is 4.79 Å². The Hall–Kier alpha value is -2.01. The van der Waals surface area contributed by atoms with Crippen molar-refractivity contribution in [1.29, 1.82) is 0 Å².